The van der Waals surface area contributed by atoms with E-state index < -0.39 is 26.4 Å². The van der Waals surface area contributed by atoms with Crippen LogP contribution in [0.2, 0.25) is 0 Å². The maximum absolute atomic E-state index is 12.7. The van der Waals surface area contributed by atoms with Gasteiger partial charge in [-0.15, -0.1) is 23.7 Å². The van der Waals surface area contributed by atoms with Gasteiger partial charge >= 0.3 is 5.76 Å². The Morgan fingerprint density at radius 1 is 1.30 bits per heavy atom. The first-order chi connectivity index (χ1) is 10.4. The molecule has 1 amide bonds. The van der Waals surface area contributed by atoms with E-state index >= 15 is 0 Å². The van der Waals surface area contributed by atoms with Crippen molar-refractivity contribution in [1.29, 1.82) is 0 Å². The number of rotatable bonds is 4. The highest BCUT2D eigenvalue weighted by Crippen LogP contribution is 2.29. The molecule has 23 heavy (non-hydrogen) atoms. The second-order valence-electron chi connectivity index (χ2n) is 5.70. The zero-order valence-corrected chi connectivity index (χ0v) is 14.4. The Morgan fingerprint density at radius 3 is 2.48 bits per heavy atom. The number of thiophene rings is 1. The van der Waals surface area contributed by atoms with Gasteiger partial charge in [0.2, 0.25) is 9.84 Å². The molecule has 5 nitrogen and oxygen atoms in total. The maximum Gasteiger partial charge on any atom is 0.341 e. The normalized spacial score (nSPS) is 26.8. The van der Waals surface area contributed by atoms with E-state index in [2.05, 4.69) is 10.6 Å². The van der Waals surface area contributed by atoms with Crippen molar-refractivity contribution in [3.8, 4) is 0 Å². The van der Waals surface area contributed by atoms with E-state index in [4.69, 9.17) is 0 Å². The van der Waals surface area contributed by atoms with E-state index in [1.54, 1.807) is 0 Å². The number of piperidine rings is 1. The summed E-state index contributed by atoms with van der Waals surface area (Å²) >= 11 is 0.868. The van der Waals surface area contributed by atoms with E-state index in [9.17, 15) is 22.0 Å². The third-order valence-corrected chi connectivity index (χ3v) is 6.65. The van der Waals surface area contributed by atoms with E-state index in [1.165, 1.54) is 5.38 Å². The van der Waals surface area contributed by atoms with Gasteiger partial charge in [0.1, 0.15) is 4.88 Å². The highest BCUT2D eigenvalue weighted by Gasteiger charge is 2.36. The van der Waals surface area contributed by atoms with Crippen LogP contribution in [0.15, 0.2) is 16.3 Å². The molecule has 2 N–H and O–H groups in total. The van der Waals surface area contributed by atoms with Crippen LogP contribution in [0.4, 0.5) is 8.78 Å². The quantitative estimate of drug-likeness (QED) is 0.831. The minimum Gasteiger partial charge on any atom is -0.348 e. The summed E-state index contributed by atoms with van der Waals surface area (Å²) in [6.07, 6.45) is 3.71. The predicted octanol–water partition coefficient (Wildman–Crippen LogP) is 2.18. The van der Waals surface area contributed by atoms with Crippen LogP contribution in [0.1, 0.15) is 35.4 Å². The molecule has 0 saturated carbocycles. The van der Waals surface area contributed by atoms with Crippen molar-refractivity contribution < 1.29 is 22.0 Å². The van der Waals surface area contributed by atoms with Gasteiger partial charge in [0.05, 0.1) is 4.90 Å². The molecular formula is C13H17ClF2N2O3S2. The summed E-state index contributed by atoms with van der Waals surface area (Å²) in [4.78, 5) is 11.5. The summed E-state index contributed by atoms with van der Waals surface area (Å²) in [7, 11) is -4.76. The minimum absolute atomic E-state index is 0. The van der Waals surface area contributed by atoms with Crippen molar-refractivity contribution in [3.63, 3.8) is 0 Å². The Hall–Kier alpha value is -0.770. The standard InChI is InChI=1S/C13H16F2N2O3S2.ClH/c14-13(15)22(19,20)10-3-4-21-11(10)12(18)17-9-5-7-1-2-8(6-9)16-7;/h3-4,7-9,13,16H,1-2,5-6H2,(H,17,18);1H. The maximum atomic E-state index is 12.7. The SMILES string of the molecule is Cl.O=C(NC1CC2CCC(C1)N2)c1sccc1S(=O)(=O)C(F)F. The topological polar surface area (TPSA) is 75.3 Å². The third kappa shape index (κ3) is 3.67. The molecule has 0 spiro atoms. The molecule has 0 aromatic carbocycles. The first kappa shape index (κ1) is 18.6. The summed E-state index contributed by atoms with van der Waals surface area (Å²) < 4.78 is 48.5. The summed E-state index contributed by atoms with van der Waals surface area (Å²) in [5.41, 5.74) is 0. The molecule has 2 unspecified atom stereocenters. The lowest BCUT2D eigenvalue weighted by Gasteiger charge is -2.29. The van der Waals surface area contributed by atoms with Crippen molar-refractivity contribution in [2.75, 3.05) is 0 Å². The summed E-state index contributed by atoms with van der Waals surface area (Å²) in [6.45, 7) is 0. The van der Waals surface area contributed by atoms with Gasteiger partial charge < -0.3 is 10.6 Å². The average Bonchev–Trinajstić information content (AvgIpc) is 3.06. The number of sulfone groups is 1. The van der Waals surface area contributed by atoms with Gasteiger partial charge in [0.25, 0.3) is 5.91 Å². The molecule has 1 aromatic heterocycles. The molecule has 10 heteroatoms. The van der Waals surface area contributed by atoms with Crippen LogP contribution in [0, 0.1) is 0 Å². The van der Waals surface area contributed by atoms with E-state index in [0.717, 1.165) is 43.1 Å². The van der Waals surface area contributed by atoms with Gasteiger partial charge in [-0.1, -0.05) is 0 Å². The van der Waals surface area contributed by atoms with Crippen LogP contribution in [-0.4, -0.2) is 38.2 Å². The molecule has 2 aliphatic rings. The predicted molar refractivity (Wildman–Crippen MR) is 85.2 cm³/mol. The number of carbonyl (C=O) groups excluding carboxylic acids is 1. The Kier molecular flexibility index (Phi) is 5.65. The number of hydrogen-bond acceptors (Lipinski definition) is 5. The van der Waals surface area contributed by atoms with Crippen LogP contribution < -0.4 is 10.6 Å². The van der Waals surface area contributed by atoms with Crippen molar-refractivity contribution in [2.24, 2.45) is 0 Å². The Morgan fingerprint density at radius 2 is 1.91 bits per heavy atom. The fourth-order valence-electron chi connectivity index (χ4n) is 3.21. The number of hydrogen-bond donors (Lipinski definition) is 2. The molecule has 0 radical (unpaired) electrons. The molecule has 130 valence electrons. The Labute approximate surface area is 143 Å². The van der Waals surface area contributed by atoms with Gasteiger partial charge in [-0.2, -0.15) is 8.78 Å². The van der Waals surface area contributed by atoms with Gasteiger partial charge in [-0.25, -0.2) is 8.42 Å². The highest BCUT2D eigenvalue weighted by atomic mass is 35.5. The molecule has 0 aliphatic carbocycles. The van der Waals surface area contributed by atoms with Gasteiger partial charge in [0, 0.05) is 18.1 Å². The molecule has 1 aromatic rings. The Bertz CT molecular complexity index is 669. The van der Waals surface area contributed by atoms with Crippen molar-refractivity contribution in [2.45, 2.75) is 54.5 Å². The van der Waals surface area contributed by atoms with Gasteiger partial charge in [0.15, 0.2) is 0 Å². The summed E-state index contributed by atoms with van der Waals surface area (Å²) in [6, 6.07) is 1.76. The second-order valence-corrected chi connectivity index (χ2v) is 8.50. The number of alkyl halides is 2. The molecule has 3 rings (SSSR count). The monoisotopic (exact) mass is 386 g/mol. The lowest BCUT2D eigenvalue weighted by atomic mass is 10.00. The largest absolute Gasteiger partial charge is 0.348 e. The van der Waals surface area contributed by atoms with Crippen LogP contribution >= 0.6 is 23.7 Å². The van der Waals surface area contributed by atoms with E-state index in [1.807, 2.05) is 0 Å². The van der Waals surface area contributed by atoms with Crippen LogP contribution in [0.5, 0.6) is 0 Å². The summed E-state index contributed by atoms with van der Waals surface area (Å²) in [5.74, 6) is -4.11. The van der Waals surface area contributed by atoms with Gasteiger partial charge in [-0.05, 0) is 37.1 Å². The van der Waals surface area contributed by atoms with Crippen molar-refractivity contribution in [3.05, 3.63) is 16.3 Å². The highest BCUT2D eigenvalue weighted by molar-refractivity contribution is 7.92. The van der Waals surface area contributed by atoms with E-state index in [-0.39, 0.29) is 23.3 Å². The molecule has 2 saturated heterocycles. The van der Waals surface area contributed by atoms with Crippen LogP contribution in [0.3, 0.4) is 0 Å². The zero-order valence-electron chi connectivity index (χ0n) is 12.0. The third-order valence-electron chi connectivity index (χ3n) is 4.18. The molecular weight excluding hydrogens is 370 g/mol. The first-order valence-electron chi connectivity index (χ1n) is 7.04. The smallest absolute Gasteiger partial charge is 0.341 e. The van der Waals surface area contributed by atoms with Gasteiger partial charge in [-0.3, -0.25) is 4.79 Å². The second kappa shape index (κ2) is 7.00. The lowest BCUT2D eigenvalue weighted by molar-refractivity contribution is 0.0925. The average molecular weight is 387 g/mol. The number of nitrogens with one attached hydrogen (secondary N) is 2. The number of amides is 1. The fourth-order valence-corrected chi connectivity index (χ4v) is 5.28. The fraction of sp³-hybridized carbons (Fsp3) is 0.615. The van der Waals surface area contributed by atoms with Crippen LogP contribution in [-0.2, 0) is 9.84 Å². The lowest BCUT2D eigenvalue weighted by Crippen LogP contribution is -2.48. The molecule has 3 heterocycles. The summed E-state index contributed by atoms with van der Waals surface area (Å²) in [5, 5.41) is 7.57. The Balaban J connectivity index is 0.00000192. The molecule has 2 aliphatic heterocycles. The van der Waals surface area contributed by atoms with E-state index in [0.29, 0.717) is 12.1 Å². The minimum atomic E-state index is -4.76. The van der Waals surface area contributed by atoms with Crippen molar-refractivity contribution >= 4 is 39.5 Å². The van der Waals surface area contributed by atoms with Crippen molar-refractivity contribution in [1.82, 2.24) is 10.6 Å². The molecule has 2 atom stereocenters. The zero-order chi connectivity index (χ0) is 15.9. The number of fused-ring (bicyclic) bond motifs is 2. The first-order valence-corrected chi connectivity index (χ1v) is 9.47. The molecule has 2 fully saturated rings. The number of carbonyl (C=O) groups is 1. The molecule has 2 bridgehead atoms. The van der Waals surface area contributed by atoms with Crippen LogP contribution in [0.25, 0.3) is 0 Å². The number of halogens is 3.